The lowest BCUT2D eigenvalue weighted by atomic mass is 10.1. The normalized spacial score (nSPS) is 17.1. The molecule has 2 N–H and O–H groups in total. The highest BCUT2D eigenvalue weighted by molar-refractivity contribution is 7.92. The molecule has 2 aromatic rings. The van der Waals surface area contributed by atoms with Crippen molar-refractivity contribution in [1.82, 2.24) is 0 Å². The monoisotopic (exact) mass is 330 g/mol. The van der Waals surface area contributed by atoms with E-state index in [2.05, 4.69) is 0 Å². The number of nitrogens with zero attached hydrogens (tertiary/aromatic N) is 1. The molecule has 0 bridgehead atoms. The van der Waals surface area contributed by atoms with Crippen LogP contribution in [0.15, 0.2) is 47.4 Å². The summed E-state index contributed by atoms with van der Waals surface area (Å²) in [6.07, 6.45) is 0.557. The minimum absolute atomic E-state index is 0.209. The molecule has 0 spiro atoms. The summed E-state index contributed by atoms with van der Waals surface area (Å²) in [5.74, 6) is -0.514. The first-order valence-electron chi connectivity index (χ1n) is 7.34. The molecule has 0 saturated carbocycles. The maximum atomic E-state index is 13.0. The number of carbonyl (C=O) groups is 1. The molecule has 1 atom stereocenters. The molecular formula is C17H18N2O3S. The van der Waals surface area contributed by atoms with Crippen LogP contribution in [0.3, 0.4) is 0 Å². The molecule has 2 aromatic carbocycles. The summed E-state index contributed by atoms with van der Waals surface area (Å²) in [6, 6.07) is 11.5. The van der Waals surface area contributed by atoms with E-state index in [4.69, 9.17) is 5.73 Å². The molecule has 0 aliphatic carbocycles. The Kier molecular flexibility index (Phi) is 3.64. The van der Waals surface area contributed by atoms with Gasteiger partial charge in [-0.2, -0.15) is 0 Å². The Morgan fingerprint density at radius 3 is 2.43 bits per heavy atom. The minimum atomic E-state index is -3.63. The topological polar surface area (TPSA) is 80.5 Å². The fourth-order valence-electron chi connectivity index (χ4n) is 2.95. The van der Waals surface area contributed by atoms with E-state index in [1.807, 2.05) is 13.8 Å². The molecule has 0 aromatic heterocycles. The third-order valence-electron chi connectivity index (χ3n) is 4.09. The smallest absolute Gasteiger partial charge is 0.264 e. The number of carbonyl (C=O) groups excluding carboxylic acids is 1. The van der Waals surface area contributed by atoms with Crippen molar-refractivity contribution in [2.45, 2.75) is 31.2 Å². The van der Waals surface area contributed by atoms with Gasteiger partial charge in [0.1, 0.15) is 0 Å². The first-order valence-corrected chi connectivity index (χ1v) is 8.78. The second-order valence-electron chi connectivity index (χ2n) is 5.87. The highest BCUT2D eigenvalue weighted by Gasteiger charge is 2.36. The van der Waals surface area contributed by atoms with Gasteiger partial charge < -0.3 is 5.73 Å². The molecule has 0 fully saturated rings. The Bertz CT molecular complexity index is 873. The molecule has 23 heavy (non-hydrogen) atoms. The van der Waals surface area contributed by atoms with Gasteiger partial charge in [0, 0.05) is 11.6 Å². The molecule has 1 aliphatic rings. The maximum Gasteiger partial charge on any atom is 0.264 e. The quantitative estimate of drug-likeness (QED) is 0.937. The standard InChI is InChI=1S/C17H18N2O3S/c1-11-3-6-15(7-4-11)23(21,22)19-12(2)9-14-10-13(17(18)20)5-8-16(14)19/h3-8,10,12H,9H2,1-2H3,(H2,18,20)/t12-/m0/s1. The predicted molar refractivity (Wildman–Crippen MR) is 89.0 cm³/mol. The van der Waals surface area contributed by atoms with Gasteiger partial charge in [0.25, 0.3) is 10.0 Å². The molecular weight excluding hydrogens is 312 g/mol. The summed E-state index contributed by atoms with van der Waals surface area (Å²) in [4.78, 5) is 11.6. The molecule has 0 unspecified atom stereocenters. The van der Waals surface area contributed by atoms with Crippen molar-refractivity contribution in [2.24, 2.45) is 5.73 Å². The lowest BCUT2D eigenvalue weighted by Crippen LogP contribution is -2.35. The fourth-order valence-corrected chi connectivity index (χ4v) is 4.64. The Morgan fingerprint density at radius 2 is 1.83 bits per heavy atom. The van der Waals surface area contributed by atoms with Crippen LogP contribution in [-0.2, 0) is 16.4 Å². The molecule has 3 rings (SSSR count). The highest BCUT2D eigenvalue weighted by Crippen LogP contribution is 2.37. The van der Waals surface area contributed by atoms with Gasteiger partial charge in [-0.1, -0.05) is 17.7 Å². The van der Waals surface area contributed by atoms with Gasteiger partial charge in [0.05, 0.1) is 10.6 Å². The average molecular weight is 330 g/mol. The van der Waals surface area contributed by atoms with Crippen LogP contribution in [0.5, 0.6) is 0 Å². The van der Waals surface area contributed by atoms with Gasteiger partial charge >= 0.3 is 0 Å². The fraction of sp³-hybridized carbons (Fsp3) is 0.235. The lowest BCUT2D eigenvalue weighted by Gasteiger charge is -2.24. The van der Waals surface area contributed by atoms with Crippen molar-refractivity contribution in [3.63, 3.8) is 0 Å². The van der Waals surface area contributed by atoms with E-state index in [9.17, 15) is 13.2 Å². The number of aryl methyl sites for hydroxylation is 1. The Labute approximate surface area is 135 Å². The Balaban J connectivity index is 2.08. The van der Waals surface area contributed by atoms with Crippen molar-refractivity contribution in [2.75, 3.05) is 4.31 Å². The van der Waals surface area contributed by atoms with Crippen LogP contribution in [0, 0.1) is 6.92 Å². The zero-order valence-corrected chi connectivity index (χ0v) is 13.8. The largest absolute Gasteiger partial charge is 0.366 e. The summed E-state index contributed by atoms with van der Waals surface area (Å²) in [7, 11) is -3.63. The van der Waals surface area contributed by atoms with Gasteiger partial charge in [-0.25, -0.2) is 8.42 Å². The summed E-state index contributed by atoms with van der Waals surface area (Å²) in [5, 5.41) is 0. The number of benzene rings is 2. The van der Waals surface area contributed by atoms with E-state index < -0.39 is 15.9 Å². The summed E-state index contributed by atoms with van der Waals surface area (Å²) in [5.41, 5.74) is 8.13. The maximum absolute atomic E-state index is 13.0. The second-order valence-corrected chi connectivity index (χ2v) is 7.69. The Hall–Kier alpha value is -2.34. The number of sulfonamides is 1. The van der Waals surface area contributed by atoms with Crippen LogP contribution in [-0.4, -0.2) is 20.4 Å². The number of amides is 1. The average Bonchev–Trinajstić information content (AvgIpc) is 2.83. The molecule has 0 saturated heterocycles. The van der Waals surface area contributed by atoms with E-state index >= 15 is 0 Å². The SMILES string of the molecule is Cc1ccc(S(=O)(=O)N2c3ccc(C(N)=O)cc3C[C@@H]2C)cc1. The minimum Gasteiger partial charge on any atom is -0.366 e. The van der Waals surface area contributed by atoms with Crippen LogP contribution in [0.1, 0.15) is 28.4 Å². The van der Waals surface area contributed by atoms with Crippen molar-refractivity contribution >= 4 is 21.6 Å². The molecule has 6 heteroatoms. The van der Waals surface area contributed by atoms with Gasteiger partial charge in [-0.3, -0.25) is 9.10 Å². The number of rotatable bonds is 3. The van der Waals surface area contributed by atoms with Gasteiger partial charge in [0.15, 0.2) is 0 Å². The van der Waals surface area contributed by atoms with Gasteiger partial charge in [-0.15, -0.1) is 0 Å². The van der Waals surface area contributed by atoms with Crippen LogP contribution >= 0.6 is 0 Å². The third kappa shape index (κ3) is 2.59. The number of primary amides is 1. The van der Waals surface area contributed by atoms with Crippen LogP contribution < -0.4 is 10.0 Å². The molecule has 120 valence electrons. The van der Waals surface area contributed by atoms with Crippen molar-refractivity contribution in [3.8, 4) is 0 Å². The van der Waals surface area contributed by atoms with Crippen LogP contribution in [0.25, 0.3) is 0 Å². The van der Waals surface area contributed by atoms with Crippen molar-refractivity contribution in [1.29, 1.82) is 0 Å². The Morgan fingerprint density at radius 1 is 1.17 bits per heavy atom. The third-order valence-corrected chi connectivity index (χ3v) is 6.04. The van der Waals surface area contributed by atoms with Gasteiger partial charge in [0.2, 0.25) is 5.91 Å². The molecule has 5 nitrogen and oxygen atoms in total. The number of hydrogen-bond donors (Lipinski definition) is 1. The number of fused-ring (bicyclic) bond motifs is 1. The van der Waals surface area contributed by atoms with Gasteiger partial charge in [-0.05, 0) is 56.2 Å². The van der Waals surface area contributed by atoms with Crippen molar-refractivity contribution < 1.29 is 13.2 Å². The van der Waals surface area contributed by atoms with E-state index in [1.54, 1.807) is 42.5 Å². The summed E-state index contributed by atoms with van der Waals surface area (Å²) >= 11 is 0. The molecule has 0 radical (unpaired) electrons. The zero-order chi connectivity index (χ0) is 16.8. The molecule has 1 aliphatic heterocycles. The van der Waals surface area contributed by atoms with E-state index in [0.717, 1.165) is 11.1 Å². The zero-order valence-electron chi connectivity index (χ0n) is 13.0. The number of nitrogens with two attached hydrogens (primary N) is 1. The second kappa shape index (κ2) is 5.38. The highest BCUT2D eigenvalue weighted by atomic mass is 32.2. The summed E-state index contributed by atoms with van der Waals surface area (Å²) in [6.45, 7) is 3.77. The van der Waals surface area contributed by atoms with Crippen LogP contribution in [0.2, 0.25) is 0 Å². The first-order chi connectivity index (χ1) is 10.8. The lowest BCUT2D eigenvalue weighted by molar-refractivity contribution is 0.1000. The summed E-state index contributed by atoms with van der Waals surface area (Å²) < 4.78 is 27.4. The van der Waals surface area contributed by atoms with E-state index in [-0.39, 0.29) is 10.9 Å². The predicted octanol–water partition coefficient (Wildman–Crippen LogP) is 2.23. The van der Waals surface area contributed by atoms with E-state index in [1.165, 1.54) is 4.31 Å². The molecule has 1 amide bonds. The van der Waals surface area contributed by atoms with E-state index in [0.29, 0.717) is 17.7 Å². The molecule has 1 heterocycles. The van der Waals surface area contributed by atoms with Crippen molar-refractivity contribution in [3.05, 3.63) is 59.2 Å². The number of hydrogen-bond acceptors (Lipinski definition) is 3. The number of anilines is 1. The van der Waals surface area contributed by atoms with Crippen LogP contribution in [0.4, 0.5) is 5.69 Å². The first kappa shape index (κ1) is 15.6.